The first-order valence-corrected chi connectivity index (χ1v) is 16.9. The molecule has 0 saturated carbocycles. The van der Waals surface area contributed by atoms with Gasteiger partial charge in [0.1, 0.15) is 12.6 Å². The molecule has 0 aromatic heterocycles. The highest BCUT2D eigenvalue weighted by atomic mass is 16.5. The number of esters is 1. The zero-order chi connectivity index (χ0) is 36.1. The number of carbonyl (C=O) groups excluding carboxylic acids is 6. The van der Waals surface area contributed by atoms with Gasteiger partial charge >= 0.3 is 5.97 Å². The summed E-state index contributed by atoms with van der Waals surface area (Å²) >= 11 is 0. The number of hydrogen-bond acceptors (Lipinski definition) is 7. The molecule has 49 heavy (non-hydrogen) atoms. The number of likely N-dealkylation sites (N-methyl/N-ethyl adjacent to an activating group) is 1. The second-order valence-corrected chi connectivity index (χ2v) is 13.2. The van der Waals surface area contributed by atoms with Crippen LogP contribution >= 0.6 is 0 Å². The quantitative estimate of drug-likeness (QED) is 0.137. The lowest BCUT2D eigenvalue weighted by Crippen LogP contribution is -2.53. The Morgan fingerprint density at radius 3 is 2.10 bits per heavy atom. The van der Waals surface area contributed by atoms with Crippen LogP contribution in [0.25, 0.3) is 10.8 Å². The highest BCUT2D eigenvalue weighted by molar-refractivity contribution is 6.38. The highest BCUT2D eigenvalue weighted by Gasteiger charge is 2.38. The number of nitrogens with two attached hydrogens (primary N) is 1. The maximum absolute atomic E-state index is 13.8. The van der Waals surface area contributed by atoms with Crippen LogP contribution in [-0.2, 0) is 46.5 Å². The van der Waals surface area contributed by atoms with Gasteiger partial charge in [0, 0.05) is 25.3 Å². The lowest BCUT2D eigenvalue weighted by molar-refractivity contribution is -0.153. The Morgan fingerprint density at radius 1 is 0.816 bits per heavy atom. The minimum Gasteiger partial charge on any atom is -0.461 e. The number of ketones is 2. The smallest absolute Gasteiger partial charge is 0.306 e. The van der Waals surface area contributed by atoms with E-state index in [4.69, 9.17) is 10.5 Å². The van der Waals surface area contributed by atoms with Gasteiger partial charge in [-0.1, -0.05) is 107 Å². The Balaban J connectivity index is 1.63. The molecule has 3 amide bonds. The van der Waals surface area contributed by atoms with Gasteiger partial charge in [0.05, 0.1) is 13.0 Å². The van der Waals surface area contributed by atoms with Crippen molar-refractivity contribution in [2.75, 3.05) is 13.6 Å². The zero-order valence-corrected chi connectivity index (χ0v) is 29.1. The van der Waals surface area contributed by atoms with Gasteiger partial charge in [0.2, 0.25) is 17.6 Å². The summed E-state index contributed by atoms with van der Waals surface area (Å²) in [5.74, 6) is -5.82. The molecule has 4 unspecified atom stereocenters. The monoisotopic (exact) mass is 671 g/mol. The van der Waals surface area contributed by atoms with Crippen molar-refractivity contribution in [2.24, 2.45) is 29.4 Å². The van der Waals surface area contributed by atoms with Gasteiger partial charge in [-0.25, -0.2) is 0 Å². The number of ether oxygens (including phenoxy) is 1. The van der Waals surface area contributed by atoms with Crippen molar-refractivity contribution in [1.82, 2.24) is 10.2 Å². The molecule has 0 aliphatic carbocycles. The highest BCUT2D eigenvalue weighted by Crippen LogP contribution is 2.24. The van der Waals surface area contributed by atoms with Crippen LogP contribution in [-0.4, -0.2) is 59.8 Å². The van der Waals surface area contributed by atoms with Crippen LogP contribution in [0.5, 0.6) is 0 Å². The number of nitrogens with one attached hydrogen (secondary N) is 1. The van der Waals surface area contributed by atoms with Crippen molar-refractivity contribution in [3.05, 3.63) is 83.9 Å². The summed E-state index contributed by atoms with van der Waals surface area (Å²) in [6.45, 7) is 7.08. The van der Waals surface area contributed by atoms with Gasteiger partial charge in [-0.05, 0) is 46.6 Å². The molecule has 0 radical (unpaired) electrons. The van der Waals surface area contributed by atoms with E-state index in [-0.39, 0.29) is 31.8 Å². The molecule has 0 fully saturated rings. The molecule has 0 aliphatic rings. The number of hydrogen-bond donors (Lipinski definition) is 2. The van der Waals surface area contributed by atoms with Gasteiger partial charge < -0.3 is 20.7 Å². The molecule has 0 saturated heterocycles. The van der Waals surface area contributed by atoms with Crippen molar-refractivity contribution >= 4 is 46.0 Å². The van der Waals surface area contributed by atoms with Gasteiger partial charge in [-0.15, -0.1) is 0 Å². The molecule has 3 N–H and O–H groups in total. The van der Waals surface area contributed by atoms with Crippen LogP contribution in [0.3, 0.4) is 0 Å². The number of fused-ring (bicyclic) bond motifs is 1. The molecule has 4 atom stereocenters. The van der Waals surface area contributed by atoms with E-state index in [1.165, 1.54) is 11.9 Å². The molecule has 0 spiro atoms. The number of amides is 3. The molecule has 0 heterocycles. The number of benzene rings is 3. The molecular weight excluding hydrogens is 622 g/mol. The van der Waals surface area contributed by atoms with Crippen LogP contribution < -0.4 is 11.1 Å². The third kappa shape index (κ3) is 11.7. The van der Waals surface area contributed by atoms with Crippen molar-refractivity contribution in [3.63, 3.8) is 0 Å². The van der Waals surface area contributed by atoms with Gasteiger partial charge in [0.25, 0.3) is 5.91 Å². The summed E-state index contributed by atoms with van der Waals surface area (Å²) in [5, 5.41) is 4.44. The van der Waals surface area contributed by atoms with E-state index >= 15 is 0 Å². The minimum atomic E-state index is -1.12. The summed E-state index contributed by atoms with van der Waals surface area (Å²) < 4.78 is 5.43. The average Bonchev–Trinajstić information content (AvgIpc) is 3.08. The predicted octanol–water partition coefficient (Wildman–Crippen LogP) is 4.80. The number of rotatable bonds is 19. The molecule has 3 aromatic carbocycles. The minimum absolute atomic E-state index is 0.0711. The average molecular weight is 672 g/mol. The SMILES string of the molecule is CCC(C)C(C(=O)C(=O)NCC(=O)CC(Cc1ccc2ccccc2c1)C(N)=O)N(C)C(=O)C(CC(=O)OCc1ccccc1)CC(C)C. The lowest BCUT2D eigenvalue weighted by Gasteiger charge is -2.33. The van der Waals surface area contributed by atoms with Crippen LogP contribution in [0.15, 0.2) is 72.8 Å². The number of Topliss-reactive ketones (excluding diaryl/α,β-unsaturated/α-hetero) is 2. The molecule has 10 nitrogen and oxygen atoms in total. The van der Waals surface area contributed by atoms with E-state index in [1.54, 1.807) is 6.92 Å². The van der Waals surface area contributed by atoms with Gasteiger partial charge in [-0.2, -0.15) is 0 Å². The van der Waals surface area contributed by atoms with E-state index in [0.29, 0.717) is 12.8 Å². The van der Waals surface area contributed by atoms with E-state index < -0.39 is 65.6 Å². The van der Waals surface area contributed by atoms with E-state index in [2.05, 4.69) is 5.32 Å². The van der Waals surface area contributed by atoms with Gasteiger partial charge in [-0.3, -0.25) is 28.8 Å². The fraction of sp³-hybridized carbons (Fsp3) is 0.436. The maximum Gasteiger partial charge on any atom is 0.306 e. The largest absolute Gasteiger partial charge is 0.461 e. The van der Waals surface area contributed by atoms with E-state index in [9.17, 15) is 28.8 Å². The summed E-state index contributed by atoms with van der Waals surface area (Å²) in [5.41, 5.74) is 7.30. The standard InChI is InChI=1S/C39H49N3O7/c1-6-26(4)35(42(5)39(48)32(18-25(2)3)22-34(44)49-24-27-12-8-7-9-13-27)36(45)38(47)41-23-33(43)21-31(37(40)46)20-28-16-17-29-14-10-11-15-30(29)19-28/h7-17,19,25-26,31-32,35H,6,18,20-24H2,1-5H3,(H2,40,46)(H,41,47). The normalized spacial score (nSPS) is 13.6. The van der Waals surface area contributed by atoms with Crippen LogP contribution in [0, 0.1) is 23.7 Å². The van der Waals surface area contributed by atoms with Crippen molar-refractivity contribution in [3.8, 4) is 0 Å². The van der Waals surface area contributed by atoms with Gasteiger partial charge in [0.15, 0.2) is 5.78 Å². The van der Waals surface area contributed by atoms with E-state index in [0.717, 1.165) is 21.9 Å². The summed E-state index contributed by atoms with van der Waals surface area (Å²) in [7, 11) is 1.46. The third-order valence-electron chi connectivity index (χ3n) is 8.82. The predicted molar refractivity (Wildman–Crippen MR) is 188 cm³/mol. The lowest BCUT2D eigenvalue weighted by atomic mass is 9.89. The second-order valence-electron chi connectivity index (χ2n) is 13.2. The molecular formula is C39H49N3O7. The third-order valence-corrected chi connectivity index (χ3v) is 8.82. The van der Waals surface area contributed by atoms with Crippen LogP contribution in [0.2, 0.25) is 0 Å². The molecule has 0 bridgehead atoms. The number of carbonyl (C=O) groups is 6. The van der Waals surface area contributed by atoms with Crippen LogP contribution in [0.1, 0.15) is 64.5 Å². The first-order chi connectivity index (χ1) is 23.3. The molecule has 262 valence electrons. The zero-order valence-electron chi connectivity index (χ0n) is 29.1. The van der Waals surface area contributed by atoms with E-state index in [1.807, 2.05) is 93.6 Å². The first kappa shape index (κ1) is 38.6. The molecule has 3 rings (SSSR count). The Hall–Kier alpha value is -4.86. The fourth-order valence-electron chi connectivity index (χ4n) is 5.97. The van der Waals surface area contributed by atoms with Crippen molar-refractivity contribution < 1.29 is 33.5 Å². The number of primary amides is 1. The summed E-state index contributed by atoms with van der Waals surface area (Å²) in [6.07, 6.45) is 0.742. The Labute approximate surface area is 288 Å². The topological polar surface area (TPSA) is 153 Å². The first-order valence-electron chi connectivity index (χ1n) is 16.9. The summed E-state index contributed by atoms with van der Waals surface area (Å²) in [4.78, 5) is 79.6. The second kappa shape index (κ2) is 18.6. The molecule has 0 aliphatic heterocycles. The number of nitrogens with zero attached hydrogens (tertiary/aromatic N) is 1. The Kier molecular flexibility index (Phi) is 14.7. The van der Waals surface area contributed by atoms with Crippen molar-refractivity contribution in [1.29, 1.82) is 0 Å². The Morgan fingerprint density at radius 2 is 1.47 bits per heavy atom. The fourth-order valence-corrected chi connectivity index (χ4v) is 5.97. The van der Waals surface area contributed by atoms with Crippen LogP contribution in [0.4, 0.5) is 0 Å². The van der Waals surface area contributed by atoms with Crippen molar-refractivity contribution in [2.45, 2.75) is 72.4 Å². The Bertz CT molecular complexity index is 1620. The summed E-state index contributed by atoms with van der Waals surface area (Å²) in [6, 6.07) is 21.6. The molecule has 3 aromatic rings. The molecule has 10 heteroatoms. The maximum atomic E-state index is 13.8.